The second-order valence-corrected chi connectivity index (χ2v) is 12.4. The molecule has 3 saturated heterocycles. The Bertz CT molecular complexity index is 965. The molecule has 186 valence electrons. The molecule has 4 rings (SSSR count). The molecule has 7 nitrogen and oxygen atoms in total. The molecule has 2 amide bonds. The number of nitrogens with zero attached hydrogens (tertiary/aromatic N) is 1. The van der Waals surface area contributed by atoms with E-state index >= 15 is 0 Å². The second-order valence-electron chi connectivity index (χ2n) is 9.29. The highest BCUT2D eigenvalue weighted by Gasteiger charge is 2.76. The van der Waals surface area contributed by atoms with Crippen LogP contribution < -0.4 is 5.32 Å². The van der Waals surface area contributed by atoms with Crippen LogP contribution in [0.4, 0.5) is 5.69 Å². The number of benzene rings is 1. The molecule has 0 radical (unpaired) electrons. The van der Waals surface area contributed by atoms with Crippen LogP contribution in [0.3, 0.4) is 0 Å². The molecule has 1 spiro atoms. The third kappa shape index (κ3) is 4.06. The van der Waals surface area contributed by atoms with Crippen LogP contribution in [-0.4, -0.2) is 67.9 Å². The van der Waals surface area contributed by atoms with Crippen molar-refractivity contribution >= 4 is 62.8 Å². The molecule has 1 aromatic rings. The van der Waals surface area contributed by atoms with Gasteiger partial charge in [-0.25, -0.2) is 0 Å². The fourth-order valence-corrected chi connectivity index (χ4v) is 9.50. The third-order valence-electron chi connectivity index (χ3n) is 7.49. The van der Waals surface area contributed by atoms with Crippen LogP contribution in [0.25, 0.3) is 0 Å². The summed E-state index contributed by atoms with van der Waals surface area (Å²) in [5.41, 5.74) is 0.570. The van der Waals surface area contributed by atoms with Crippen LogP contribution in [0.1, 0.15) is 33.6 Å². The Hall–Kier alpha value is -1.29. The lowest BCUT2D eigenvalue weighted by Gasteiger charge is -2.39. The number of halogens is 2. The fraction of sp³-hybridized carbons (Fsp3) is 0.625. The Morgan fingerprint density at radius 3 is 2.62 bits per heavy atom. The molecule has 0 aliphatic carbocycles. The van der Waals surface area contributed by atoms with Gasteiger partial charge in [-0.2, -0.15) is 0 Å². The van der Waals surface area contributed by atoms with Crippen LogP contribution in [-0.2, 0) is 19.1 Å². The van der Waals surface area contributed by atoms with Crippen molar-refractivity contribution in [3.05, 3.63) is 29.3 Å². The monoisotopic (exact) mass is 572 g/mol. The lowest BCUT2D eigenvalue weighted by Crippen LogP contribution is -2.56. The van der Waals surface area contributed by atoms with Gasteiger partial charge >= 0.3 is 5.97 Å². The molecule has 0 saturated carbocycles. The summed E-state index contributed by atoms with van der Waals surface area (Å²) in [5.74, 6) is -2.30. The third-order valence-corrected chi connectivity index (χ3v) is 11.0. The van der Waals surface area contributed by atoms with Gasteiger partial charge in [-0.3, -0.25) is 14.4 Å². The van der Waals surface area contributed by atoms with E-state index in [1.165, 1.54) is 0 Å². The average Bonchev–Trinajstić information content (AvgIpc) is 3.39. The quantitative estimate of drug-likeness (QED) is 0.364. The Balaban J connectivity index is 1.78. The van der Waals surface area contributed by atoms with E-state index in [-0.39, 0.29) is 41.0 Å². The molecule has 10 heteroatoms. The van der Waals surface area contributed by atoms with Gasteiger partial charge in [0.15, 0.2) is 0 Å². The van der Waals surface area contributed by atoms with Gasteiger partial charge in [0.1, 0.15) is 6.04 Å². The van der Waals surface area contributed by atoms with Crippen molar-refractivity contribution in [3.8, 4) is 0 Å². The molecule has 8 atom stereocenters. The highest BCUT2D eigenvalue weighted by molar-refractivity contribution is 9.09. The van der Waals surface area contributed by atoms with Gasteiger partial charge in [0.25, 0.3) is 0 Å². The van der Waals surface area contributed by atoms with Gasteiger partial charge < -0.3 is 20.1 Å². The maximum absolute atomic E-state index is 14.0. The lowest BCUT2D eigenvalue weighted by atomic mass is 9.71. The van der Waals surface area contributed by atoms with Gasteiger partial charge in [0, 0.05) is 20.8 Å². The number of hydrogen-bond donors (Lipinski definition) is 2. The Morgan fingerprint density at radius 2 is 2.03 bits per heavy atom. The van der Waals surface area contributed by atoms with Crippen molar-refractivity contribution in [1.29, 1.82) is 0 Å². The highest BCUT2D eigenvalue weighted by atomic mass is 79.9. The predicted molar refractivity (Wildman–Crippen MR) is 136 cm³/mol. The summed E-state index contributed by atoms with van der Waals surface area (Å²) >= 11 is 11.3. The molecule has 1 aromatic carbocycles. The number of rotatable bonds is 8. The summed E-state index contributed by atoms with van der Waals surface area (Å²) in [7, 11) is 0. The summed E-state index contributed by atoms with van der Waals surface area (Å²) in [6, 6.07) is 5.43. The Kier molecular flexibility index (Phi) is 7.58. The van der Waals surface area contributed by atoms with Gasteiger partial charge in [0.2, 0.25) is 11.8 Å². The first-order valence-electron chi connectivity index (χ1n) is 11.7. The Morgan fingerprint density at radius 1 is 1.35 bits per heavy atom. The number of hydrogen-bond acceptors (Lipinski definition) is 6. The summed E-state index contributed by atoms with van der Waals surface area (Å²) in [6.07, 6.45) is 1.30. The molecule has 0 aromatic heterocycles. The maximum Gasteiger partial charge on any atom is 0.310 e. The van der Waals surface area contributed by atoms with E-state index in [4.69, 9.17) is 16.3 Å². The number of esters is 1. The molecule has 3 heterocycles. The summed E-state index contributed by atoms with van der Waals surface area (Å²) < 4.78 is 4.58. The number of fused-ring (bicyclic) bond motifs is 1. The number of carbonyl (C=O) groups excluding carboxylic acids is 3. The molecular formula is C24H30BrClN2O5S. The number of anilines is 1. The van der Waals surface area contributed by atoms with Gasteiger partial charge in [0.05, 0.1) is 35.8 Å². The molecule has 3 unspecified atom stereocenters. The van der Waals surface area contributed by atoms with E-state index in [0.29, 0.717) is 17.1 Å². The van der Waals surface area contributed by atoms with Crippen LogP contribution in [0.2, 0.25) is 5.02 Å². The zero-order chi connectivity index (χ0) is 24.8. The minimum absolute atomic E-state index is 0.0296. The molecule has 2 bridgehead atoms. The minimum atomic E-state index is -0.832. The van der Waals surface area contributed by atoms with E-state index in [1.807, 2.05) is 13.8 Å². The number of nitrogens with one attached hydrogen (secondary N) is 1. The number of likely N-dealkylation sites (tertiary alicyclic amines) is 1. The average molecular weight is 574 g/mol. The molecule has 3 aliphatic heterocycles. The summed E-state index contributed by atoms with van der Waals surface area (Å²) in [6.45, 7) is 5.67. The zero-order valence-corrected chi connectivity index (χ0v) is 22.5. The fourth-order valence-electron chi connectivity index (χ4n) is 5.79. The number of carbonyl (C=O) groups is 3. The lowest BCUT2D eigenvalue weighted by molar-refractivity contribution is -0.154. The molecule has 3 aliphatic rings. The SMILES string of the molecule is CCOC(=O)[C@H]1[C@@H]2SC3(CC2Br)C(C(=O)Nc2ccc(Cl)cc2)N([C@@H](CO)[C@@H](C)CC)C(=O)[C@H]13. The number of thioether (sulfide) groups is 1. The maximum atomic E-state index is 14.0. The van der Waals surface area contributed by atoms with Crippen LogP contribution in [0.15, 0.2) is 24.3 Å². The van der Waals surface area contributed by atoms with Crippen molar-refractivity contribution < 1.29 is 24.2 Å². The van der Waals surface area contributed by atoms with Crippen molar-refractivity contribution in [1.82, 2.24) is 4.90 Å². The number of aliphatic hydroxyl groups is 1. The first-order valence-corrected chi connectivity index (χ1v) is 13.8. The molecule has 3 fully saturated rings. The smallest absolute Gasteiger partial charge is 0.310 e. The van der Waals surface area contributed by atoms with Crippen LogP contribution in [0, 0.1) is 17.8 Å². The van der Waals surface area contributed by atoms with E-state index in [0.717, 1.165) is 6.42 Å². The number of aliphatic hydroxyl groups excluding tert-OH is 1. The van der Waals surface area contributed by atoms with E-state index in [9.17, 15) is 19.5 Å². The second kappa shape index (κ2) is 9.99. The van der Waals surface area contributed by atoms with Crippen molar-refractivity contribution in [2.75, 3.05) is 18.5 Å². The predicted octanol–water partition coefficient (Wildman–Crippen LogP) is 3.71. The number of alkyl halides is 1. The van der Waals surface area contributed by atoms with Crippen molar-refractivity contribution in [2.24, 2.45) is 17.8 Å². The number of ether oxygens (including phenoxy) is 1. The van der Waals surface area contributed by atoms with Crippen LogP contribution in [0.5, 0.6) is 0 Å². The Labute approximate surface area is 217 Å². The largest absolute Gasteiger partial charge is 0.466 e. The zero-order valence-electron chi connectivity index (χ0n) is 19.4. The van der Waals surface area contributed by atoms with Gasteiger partial charge in [-0.1, -0.05) is 47.8 Å². The number of amides is 2. The first kappa shape index (κ1) is 25.8. The summed E-state index contributed by atoms with van der Waals surface area (Å²) in [4.78, 5) is 42.4. The molecule has 2 N–H and O–H groups in total. The first-order chi connectivity index (χ1) is 16.2. The standard InChI is InChI=1S/C24H30BrClN2O5S/c1-4-12(3)16(11-29)28-20(21(30)27-14-8-6-13(26)7-9-14)24-10-15(25)19(34-24)17(18(24)22(28)31)23(32)33-5-2/h6-9,12,15-20,29H,4-5,10-11H2,1-3H3,(H,27,30)/t12-,15?,16-,17+,18-,19+,20?,24?/m0/s1. The van der Waals surface area contributed by atoms with E-state index in [2.05, 4.69) is 21.2 Å². The summed E-state index contributed by atoms with van der Waals surface area (Å²) in [5, 5.41) is 13.7. The van der Waals surface area contributed by atoms with Gasteiger partial charge in [-0.15, -0.1) is 11.8 Å². The van der Waals surface area contributed by atoms with Crippen LogP contribution >= 0.6 is 39.3 Å². The molecular weight excluding hydrogens is 544 g/mol. The highest BCUT2D eigenvalue weighted by Crippen LogP contribution is 2.68. The normalized spacial score (nSPS) is 33.5. The van der Waals surface area contributed by atoms with Crippen molar-refractivity contribution in [3.63, 3.8) is 0 Å². The topological polar surface area (TPSA) is 95.9 Å². The van der Waals surface area contributed by atoms with Gasteiger partial charge in [-0.05, 0) is 43.5 Å². The molecule has 34 heavy (non-hydrogen) atoms. The minimum Gasteiger partial charge on any atom is -0.466 e. The van der Waals surface area contributed by atoms with E-state index < -0.39 is 34.6 Å². The van der Waals surface area contributed by atoms with E-state index in [1.54, 1.807) is 47.9 Å². The van der Waals surface area contributed by atoms with Crippen molar-refractivity contribution in [2.45, 2.75) is 60.5 Å².